The second-order valence-electron chi connectivity index (χ2n) is 7.19. The van der Waals surface area contributed by atoms with Gasteiger partial charge in [-0.15, -0.1) is 0 Å². The van der Waals surface area contributed by atoms with Gasteiger partial charge in [0, 0.05) is 5.56 Å². The monoisotopic (exact) mass is 431 g/mol. The molecule has 1 atom stereocenters. The number of carbonyl (C=O) groups excluding carboxylic acids is 1. The molecule has 6 heteroatoms. The number of nitrogens with zero attached hydrogens (tertiary/aromatic N) is 1. The van der Waals surface area contributed by atoms with Gasteiger partial charge < -0.3 is 15.0 Å². The topological polar surface area (TPSA) is 67.0 Å². The minimum absolute atomic E-state index is 0.0557. The van der Waals surface area contributed by atoms with Crippen LogP contribution in [0.1, 0.15) is 18.3 Å². The van der Waals surface area contributed by atoms with Crippen molar-refractivity contribution in [1.29, 1.82) is 0 Å². The third-order valence-corrected chi connectivity index (χ3v) is 5.66. The summed E-state index contributed by atoms with van der Waals surface area (Å²) in [5.41, 5.74) is 3.88. The van der Waals surface area contributed by atoms with Gasteiger partial charge in [0.25, 0.3) is 5.91 Å². The van der Waals surface area contributed by atoms with Crippen molar-refractivity contribution >= 4 is 28.7 Å². The number of hydrogen-bond donors (Lipinski definition) is 2. The fraction of sp³-hybridized carbons (Fsp3) is 0.200. The number of thioether (sulfide) groups is 1. The van der Waals surface area contributed by atoms with Crippen LogP contribution in [-0.4, -0.2) is 34.5 Å². The predicted octanol–water partition coefficient (Wildman–Crippen LogP) is 5.22. The van der Waals surface area contributed by atoms with Crippen LogP contribution in [0.4, 0.5) is 0 Å². The SMILES string of the molecule is CSCCC(NC(=O)COc1ccccc1-c1ccccc1)c1nc2ccccc2[nH]1. The molecule has 0 saturated heterocycles. The zero-order valence-electron chi connectivity index (χ0n) is 17.4. The average Bonchev–Trinajstić information content (AvgIpc) is 3.25. The first-order valence-electron chi connectivity index (χ1n) is 10.2. The first kappa shape index (κ1) is 21.0. The van der Waals surface area contributed by atoms with Crippen molar-refractivity contribution < 1.29 is 9.53 Å². The van der Waals surface area contributed by atoms with E-state index in [0.717, 1.165) is 40.2 Å². The molecule has 0 fully saturated rings. The number of hydrogen-bond acceptors (Lipinski definition) is 4. The van der Waals surface area contributed by atoms with Gasteiger partial charge in [-0.1, -0.05) is 60.7 Å². The Balaban J connectivity index is 1.45. The summed E-state index contributed by atoms with van der Waals surface area (Å²) >= 11 is 1.74. The fourth-order valence-electron chi connectivity index (χ4n) is 3.48. The highest BCUT2D eigenvalue weighted by molar-refractivity contribution is 7.98. The quantitative estimate of drug-likeness (QED) is 0.381. The van der Waals surface area contributed by atoms with Gasteiger partial charge in [0.15, 0.2) is 6.61 Å². The maximum Gasteiger partial charge on any atom is 0.258 e. The van der Waals surface area contributed by atoms with E-state index in [1.165, 1.54) is 0 Å². The number of fused-ring (bicyclic) bond motifs is 1. The number of benzene rings is 3. The molecule has 31 heavy (non-hydrogen) atoms. The molecule has 2 N–H and O–H groups in total. The van der Waals surface area contributed by atoms with E-state index < -0.39 is 0 Å². The summed E-state index contributed by atoms with van der Waals surface area (Å²) in [6, 6.07) is 25.5. The van der Waals surface area contributed by atoms with Gasteiger partial charge in [-0.3, -0.25) is 4.79 Å². The highest BCUT2D eigenvalue weighted by atomic mass is 32.2. The molecule has 5 nitrogen and oxygen atoms in total. The van der Waals surface area contributed by atoms with Crippen LogP contribution in [0.5, 0.6) is 5.75 Å². The number of aromatic amines is 1. The van der Waals surface area contributed by atoms with Gasteiger partial charge in [-0.25, -0.2) is 4.98 Å². The van der Waals surface area contributed by atoms with Crippen molar-refractivity contribution in [3.8, 4) is 16.9 Å². The summed E-state index contributed by atoms with van der Waals surface area (Å²) < 4.78 is 5.91. The van der Waals surface area contributed by atoms with Crippen LogP contribution in [0, 0.1) is 0 Å². The molecule has 0 saturated carbocycles. The smallest absolute Gasteiger partial charge is 0.258 e. The molecule has 3 aromatic carbocycles. The zero-order chi connectivity index (χ0) is 21.5. The maximum atomic E-state index is 12.7. The van der Waals surface area contributed by atoms with Gasteiger partial charge in [-0.2, -0.15) is 11.8 Å². The van der Waals surface area contributed by atoms with Crippen molar-refractivity contribution in [1.82, 2.24) is 15.3 Å². The van der Waals surface area contributed by atoms with E-state index in [2.05, 4.69) is 21.5 Å². The highest BCUT2D eigenvalue weighted by Gasteiger charge is 2.19. The van der Waals surface area contributed by atoms with Crippen LogP contribution in [-0.2, 0) is 4.79 Å². The lowest BCUT2D eigenvalue weighted by Gasteiger charge is -2.17. The molecule has 1 aromatic heterocycles. The summed E-state index contributed by atoms with van der Waals surface area (Å²) in [5, 5.41) is 3.09. The molecule has 0 bridgehead atoms. The second-order valence-corrected chi connectivity index (χ2v) is 8.18. The molecule has 0 spiro atoms. The molecule has 4 aromatic rings. The Bertz CT molecular complexity index is 1110. The van der Waals surface area contributed by atoms with Gasteiger partial charge in [0.2, 0.25) is 0 Å². The second kappa shape index (κ2) is 10.2. The number of imidazole rings is 1. The maximum absolute atomic E-state index is 12.7. The minimum atomic E-state index is -0.194. The third-order valence-electron chi connectivity index (χ3n) is 5.01. The van der Waals surface area contributed by atoms with E-state index in [1.54, 1.807) is 11.8 Å². The minimum Gasteiger partial charge on any atom is -0.483 e. The fourth-order valence-corrected chi connectivity index (χ4v) is 3.95. The standard InChI is InChI=1S/C25H25N3O2S/c1-31-16-15-22(25-27-20-12-6-7-13-21(20)28-25)26-24(29)17-30-23-14-8-5-11-19(23)18-9-3-2-4-10-18/h2-14,22H,15-17H2,1H3,(H,26,29)(H,27,28). The Labute approximate surface area is 186 Å². The largest absolute Gasteiger partial charge is 0.483 e. The number of aromatic nitrogens is 2. The van der Waals surface area contributed by atoms with Crippen LogP contribution < -0.4 is 10.1 Å². The van der Waals surface area contributed by atoms with E-state index in [1.807, 2.05) is 78.9 Å². The normalized spacial score (nSPS) is 11.9. The van der Waals surface area contributed by atoms with Crippen molar-refractivity contribution in [3.63, 3.8) is 0 Å². The lowest BCUT2D eigenvalue weighted by atomic mass is 10.1. The van der Waals surface area contributed by atoms with Crippen LogP contribution in [0.2, 0.25) is 0 Å². The first-order chi connectivity index (χ1) is 15.2. The van der Waals surface area contributed by atoms with Gasteiger partial charge in [0.05, 0.1) is 17.1 Å². The van der Waals surface area contributed by atoms with E-state index in [-0.39, 0.29) is 18.6 Å². The van der Waals surface area contributed by atoms with E-state index in [4.69, 9.17) is 4.74 Å². The Morgan fingerprint density at radius 3 is 2.58 bits per heavy atom. The van der Waals surface area contributed by atoms with Gasteiger partial charge in [0.1, 0.15) is 11.6 Å². The summed E-state index contributed by atoms with van der Waals surface area (Å²) in [4.78, 5) is 20.8. The molecule has 0 aliphatic heterocycles. The predicted molar refractivity (Wildman–Crippen MR) is 127 cm³/mol. The summed E-state index contributed by atoms with van der Waals surface area (Å²) in [5.74, 6) is 2.20. The van der Waals surface area contributed by atoms with Crippen LogP contribution in [0.15, 0.2) is 78.9 Å². The number of carbonyl (C=O) groups is 1. The molecule has 1 amide bonds. The van der Waals surface area contributed by atoms with E-state index in [0.29, 0.717) is 5.75 Å². The van der Waals surface area contributed by atoms with E-state index >= 15 is 0 Å². The lowest BCUT2D eigenvalue weighted by molar-refractivity contribution is -0.123. The Morgan fingerprint density at radius 1 is 1.03 bits per heavy atom. The van der Waals surface area contributed by atoms with Crippen molar-refractivity contribution in [2.45, 2.75) is 12.5 Å². The zero-order valence-corrected chi connectivity index (χ0v) is 18.2. The Kier molecular flexibility index (Phi) is 6.89. The number of para-hydroxylation sites is 3. The highest BCUT2D eigenvalue weighted by Crippen LogP contribution is 2.29. The number of amides is 1. The van der Waals surface area contributed by atoms with Crippen LogP contribution in [0.3, 0.4) is 0 Å². The molecule has 1 unspecified atom stereocenters. The van der Waals surface area contributed by atoms with Crippen LogP contribution >= 0.6 is 11.8 Å². The number of H-pyrrole nitrogens is 1. The molecule has 0 aliphatic rings. The third kappa shape index (κ3) is 5.27. The Morgan fingerprint density at radius 2 is 1.77 bits per heavy atom. The number of nitrogens with one attached hydrogen (secondary N) is 2. The average molecular weight is 432 g/mol. The summed E-state index contributed by atoms with van der Waals surface area (Å²) in [6.45, 7) is -0.0557. The molecule has 0 aliphatic carbocycles. The molecule has 4 rings (SSSR count). The summed E-state index contributed by atoms with van der Waals surface area (Å²) in [6.07, 6.45) is 2.84. The van der Waals surface area contributed by atoms with Gasteiger partial charge >= 0.3 is 0 Å². The van der Waals surface area contributed by atoms with Crippen molar-refractivity contribution in [2.24, 2.45) is 0 Å². The first-order valence-corrected chi connectivity index (χ1v) is 11.6. The van der Waals surface area contributed by atoms with Gasteiger partial charge in [-0.05, 0) is 42.2 Å². The molecule has 158 valence electrons. The molecular formula is C25H25N3O2S. The summed E-state index contributed by atoms with van der Waals surface area (Å²) in [7, 11) is 0. The number of rotatable bonds is 9. The van der Waals surface area contributed by atoms with E-state index in [9.17, 15) is 4.79 Å². The molecular weight excluding hydrogens is 406 g/mol. The van der Waals surface area contributed by atoms with Crippen LogP contribution in [0.25, 0.3) is 22.2 Å². The van der Waals surface area contributed by atoms with Crippen molar-refractivity contribution in [3.05, 3.63) is 84.7 Å². The van der Waals surface area contributed by atoms with Crippen molar-refractivity contribution in [2.75, 3.05) is 18.6 Å². The Hall–Kier alpha value is -3.25. The number of ether oxygens (including phenoxy) is 1. The molecule has 1 heterocycles. The lowest BCUT2D eigenvalue weighted by Crippen LogP contribution is -2.33. The molecule has 0 radical (unpaired) electrons.